The van der Waals surface area contributed by atoms with E-state index in [1.807, 2.05) is 0 Å². The number of halogens is 1. The molecule has 1 amide bonds. The molecule has 4 rings (SSSR count). The lowest BCUT2D eigenvalue weighted by molar-refractivity contribution is 0.102. The van der Waals surface area contributed by atoms with Gasteiger partial charge in [0.1, 0.15) is 11.5 Å². The molecule has 0 unspecified atom stereocenters. The van der Waals surface area contributed by atoms with E-state index in [-0.39, 0.29) is 23.7 Å². The maximum absolute atomic E-state index is 14.1. The van der Waals surface area contributed by atoms with Crippen molar-refractivity contribution in [3.63, 3.8) is 0 Å². The van der Waals surface area contributed by atoms with E-state index < -0.39 is 17.4 Å². The standard InChI is InChI=1S/C19H14FN3O4/c1-10-2-4-13(20)12(6-10)14-8-15(23-19(25)22-14)18(24)21-11-3-5-16-17(7-11)27-9-26-16/h2-8H,9H2,1H3,(H,21,24)(H,22,23,25). The summed E-state index contributed by atoms with van der Waals surface area (Å²) in [6, 6.07) is 10.7. The van der Waals surface area contributed by atoms with E-state index in [9.17, 15) is 14.0 Å². The number of hydrogen-bond donors (Lipinski definition) is 2. The lowest BCUT2D eigenvalue weighted by Gasteiger charge is -2.08. The second kappa shape index (κ2) is 6.56. The number of aromatic nitrogens is 2. The van der Waals surface area contributed by atoms with Gasteiger partial charge in [0.25, 0.3) is 5.91 Å². The summed E-state index contributed by atoms with van der Waals surface area (Å²) in [5, 5.41) is 2.65. The topological polar surface area (TPSA) is 93.3 Å². The number of anilines is 1. The fourth-order valence-electron chi connectivity index (χ4n) is 2.73. The lowest BCUT2D eigenvalue weighted by atomic mass is 10.1. The number of fused-ring (bicyclic) bond motifs is 1. The minimum atomic E-state index is -0.746. The monoisotopic (exact) mass is 367 g/mol. The van der Waals surface area contributed by atoms with E-state index >= 15 is 0 Å². The number of rotatable bonds is 3. The van der Waals surface area contributed by atoms with Gasteiger partial charge in [0.15, 0.2) is 11.5 Å². The summed E-state index contributed by atoms with van der Waals surface area (Å²) < 4.78 is 24.6. The van der Waals surface area contributed by atoms with Crippen molar-refractivity contribution in [3.8, 4) is 22.8 Å². The summed E-state index contributed by atoms with van der Waals surface area (Å²) in [7, 11) is 0. The van der Waals surface area contributed by atoms with Crippen molar-refractivity contribution in [3.05, 3.63) is 70.0 Å². The van der Waals surface area contributed by atoms with Crippen LogP contribution in [0.5, 0.6) is 11.5 Å². The molecule has 0 atom stereocenters. The fraction of sp³-hybridized carbons (Fsp3) is 0.105. The van der Waals surface area contributed by atoms with Gasteiger partial charge in [-0.05, 0) is 37.3 Å². The third kappa shape index (κ3) is 3.37. The van der Waals surface area contributed by atoms with Crippen molar-refractivity contribution < 1.29 is 18.7 Å². The van der Waals surface area contributed by atoms with Gasteiger partial charge in [0, 0.05) is 17.3 Å². The molecule has 0 bridgehead atoms. The molecule has 0 saturated carbocycles. The molecular formula is C19H14FN3O4. The third-order valence-corrected chi connectivity index (χ3v) is 4.02. The number of carbonyl (C=O) groups is 1. The first-order valence-electron chi connectivity index (χ1n) is 8.08. The number of nitrogens with zero attached hydrogens (tertiary/aromatic N) is 1. The van der Waals surface area contributed by atoms with Gasteiger partial charge >= 0.3 is 5.69 Å². The average molecular weight is 367 g/mol. The van der Waals surface area contributed by atoms with Crippen LogP contribution in [0.4, 0.5) is 10.1 Å². The SMILES string of the molecule is Cc1ccc(F)c(-c2cc(C(=O)Nc3ccc4c(c3)OCO4)[nH]c(=O)n2)c1. The molecule has 0 radical (unpaired) electrons. The minimum absolute atomic E-state index is 0.0384. The number of aromatic amines is 1. The Morgan fingerprint density at radius 2 is 1.96 bits per heavy atom. The molecule has 7 nitrogen and oxygen atoms in total. The van der Waals surface area contributed by atoms with Gasteiger partial charge < -0.3 is 19.8 Å². The molecule has 3 aromatic rings. The Morgan fingerprint density at radius 3 is 2.81 bits per heavy atom. The normalized spacial score (nSPS) is 12.1. The fourth-order valence-corrected chi connectivity index (χ4v) is 2.73. The number of carbonyl (C=O) groups excluding carboxylic acids is 1. The number of nitrogens with one attached hydrogen (secondary N) is 2. The Balaban J connectivity index is 1.65. The summed E-state index contributed by atoms with van der Waals surface area (Å²) in [6.07, 6.45) is 0. The quantitative estimate of drug-likeness (QED) is 0.742. The predicted molar refractivity (Wildman–Crippen MR) is 95.5 cm³/mol. The van der Waals surface area contributed by atoms with Crippen LogP contribution in [0.15, 0.2) is 47.3 Å². The van der Waals surface area contributed by atoms with E-state index in [4.69, 9.17) is 9.47 Å². The van der Waals surface area contributed by atoms with Crippen LogP contribution in [0.2, 0.25) is 0 Å². The zero-order chi connectivity index (χ0) is 19.0. The molecule has 0 spiro atoms. The van der Waals surface area contributed by atoms with Gasteiger partial charge in [0.2, 0.25) is 6.79 Å². The van der Waals surface area contributed by atoms with Crippen molar-refractivity contribution in [1.29, 1.82) is 0 Å². The first-order chi connectivity index (χ1) is 13.0. The molecule has 8 heteroatoms. The second-order valence-electron chi connectivity index (χ2n) is 5.99. The maximum Gasteiger partial charge on any atom is 0.346 e. The predicted octanol–water partition coefficient (Wildman–Crippen LogP) is 2.87. The molecule has 27 heavy (non-hydrogen) atoms. The largest absolute Gasteiger partial charge is 0.454 e. The molecule has 1 aliphatic rings. The summed E-state index contributed by atoms with van der Waals surface area (Å²) >= 11 is 0. The van der Waals surface area contributed by atoms with E-state index in [2.05, 4.69) is 15.3 Å². The Kier molecular flexibility index (Phi) is 4.08. The Labute approximate surface area is 152 Å². The van der Waals surface area contributed by atoms with Crippen molar-refractivity contribution >= 4 is 11.6 Å². The first-order valence-corrected chi connectivity index (χ1v) is 8.08. The lowest BCUT2D eigenvalue weighted by Crippen LogP contribution is -2.21. The molecule has 2 heterocycles. The maximum atomic E-state index is 14.1. The van der Waals surface area contributed by atoms with Crippen LogP contribution < -0.4 is 20.5 Å². The van der Waals surface area contributed by atoms with Gasteiger partial charge in [0.05, 0.1) is 5.69 Å². The molecule has 1 aliphatic heterocycles. The molecule has 136 valence electrons. The van der Waals surface area contributed by atoms with E-state index in [0.29, 0.717) is 17.2 Å². The van der Waals surface area contributed by atoms with Crippen molar-refractivity contribution in [2.24, 2.45) is 0 Å². The van der Waals surface area contributed by atoms with Crippen LogP contribution in [0.25, 0.3) is 11.3 Å². The van der Waals surface area contributed by atoms with E-state index in [1.165, 1.54) is 12.1 Å². The van der Waals surface area contributed by atoms with Crippen LogP contribution >= 0.6 is 0 Å². The molecule has 0 saturated heterocycles. The molecule has 2 N–H and O–H groups in total. The van der Waals surface area contributed by atoms with E-state index in [0.717, 1.165) is 5.56 Å². The van der Waals surface area contributed by atoms with Crippen molar-refractivity contribution in [2.45, 2.75) is 6.92 Å². The summed E-state index contributed by atoms with van der Waals surface area (Å²) in [5.41, 5.74) is 0.715. The summed E-state index contributed by atoms with van der Waals surface area (Å²) in [5.74, 6) is 0.00424. The van der Waals surface area contributed by atoms with Gasteiger partial charge in [-0.25, -0.2) is 9.18 Å². The highest BCUT2D eigenvalue weighted by atomic mass is 19.1. The number of hydrogen-bond acceptors (Lipinski definition) is 5. The minimum Gasteiger partial charge on any atom is -0.454 e. The first kappa shape index (κ1) is 16.8. The van der Waals surface area contributed by atoms with Crippen LogP contribution in [0.1, 0.15) is 16.1 Å². The van der Waals surface area contributed by atoms with Crippen molar-refractivity contribution in [2.75, 3.05) is 12.1 Å². The number of amides is 1. The highest BCUT2D eigenvalue weighted by Crippen LogP contribution is 2.34. The highest BCUT2D eigenvalue weighted by molar-refractivity contribution is 6.03. The number of benzene rings is 2. The van der Waals surface area contributed by atoms with E-state index in [1.54, 1.807) is 37.3 Å². The van der Waals surface area contributed by atoms with Crippen LogP contribution in [0, 0.1) is 12.7 Å². The third-order valence-electron chi connectivity index (χ3n) is 4.02. The Bertz CT molecular complexity index is 1110. The molecule has 2 aromatic carbocycles. The summed E-state index contributed by atoms with van der Waals surface area (Å²) in [6.45, 7) is 1.92. The van der Waals surface area contributed by atoms with Crippen molar-refractivity contribution in [1.82, 2.24) is 9.97 Å². The average Bonchev–Trinajstić information content (AvgIpc) is 3.11. The van der Waals surface area contributed by atoms with Crippen LogP contribution in [0.3, 0.4) is 0 Å². The van der Waals surface area contributed by atoms with Gasteiger partial charge in [-0.15, -0.1) is 0 Å². The number of aryl methyl sites for hydroxylation is 1. The number of ether oxygens (including phenoxy) is 2. The summed E-state index contributed by atoms with van der Waals surface area (Å²) in [4.78, 5) is 30.6. The van der Waals surface area contributed by atoms with Gasteiger partial charge in [-0.3, -0.25) is 4.79 Å². The Morgan fingerprint density at radius 1 is 1.15 bits per heavy atom. The smallest absolute Gasteiger partial charge is 0.346 e. The Hall–Kier alpha value is -3.68. The zero-order valence-corrected chi connectivity index (χ0v) is 14.2. The van der Waals surface area contributed by atoms with Crippen LogP contribution in [-0.4, -0.2) is 22.7 Å². The molecule has 0 aliphatic carbocycles. The van der Waals surface area contributed by atoms with Crippen LogP contribution in [-0.2, 0) is 0 Å². The van der Waals surface area contributed by atoms with Gasteiger partial charge in [-0.2, -0.15) is 4.98 Å². The molecule has 0 fully saturated rings. The molecule has 1 aromatic heterocycles. The number of H-pyrrole nitrogens is 1. The highest BCUT2D eigenvalue weighted by Gasteiger charge is 2.16. The van der Waals surface area contributed by atoms with Gasteiger partial charge in [-0.1, -0.05) is 11.6 Å². The molecular weight excluding hydrogens is 353 g/mol. The second-order valence-corrected chi connectivity index (χ2v) is 5.99. The zero-order valence-electron chi connectivity index (χ0n) is 14.2.